The van der Waals surface area contributed by atoms with E-state index in [0.717, 1.165) is 43.0 Å². The van der Waals surface area contributed by atoms with Crippen LogP contribution in [0.15, 0.2) is 36.7 Å². The van der Waals surface area contributed by atoms with E-state index in [1.54, 1.807) is 18.5 Å². The van der Waals surface area contributed by atoms with Crippen LogP contribution in [0.3, 0.4) is 0 Å². The molecule has 3 heterocycles. The molecule has 7 nitrogen and oxygen atoms in total. The average Bonchev–Trinajstić information content (AvgIpc) is 3.56. The summed E-state index contributed by atoms with van der Waals surface area (Å²) < 4.78 is 6.51. The summed E-state index contributed by atoms with van der Waals surface area (Å²) in [5.41, 5.74) is 1.55. The zero-order valence-corrected chi connectivity index (χ0v) is 21.7. The number of ether oxygens (including phenoxy) is 1. The van der Waals surface area contributed by atoms with Gasteiger partial charge in [0.05, 0.1) is 23.5 Å². The first-order chi connectivity index (χ1) is 16.5. The zero-order chi connectivity index (χ0) is 23.1. The molecule has 1 aromatic carbocycles. The van der Waals surface area contributed by atoms with Crippen molar-refractivity contribution in [2.75, 3.05) is 13.1 Å². The summed E-state index contributed by atoms with van der Waals surface area (Å²) in [7, 11) is 0. The van der Waals surface area contributed by atoms with Crippen molar-refractivity contribution in [2.24, 2.45) is 5.92 Å². The van der Waals surface area contributed by atoms with Crippen molar-refractivity contribution in [3.8, 4) is 11.5 Å². The van der Waals surface area contributed by atoms with Gasteiger partial charge < -0.3 is 20.3 Å². The Kier molecular flexibility index (Phi) is 6.43. The van der Waals surface area contributed by atoms with E-state index < -0.39 is 11.0 Å². The Morgan fingerprint density at radius 1 is 1.14 bits per heavy atom. The Morgan fingerprint density at radius 2 is 1.92 bits per heavy atom. The predicted octanol–water partition coefficient (Wildman–Crippen LogP) is 2.92. The van der Waals surface area contributed by atoms with Gasteiger partial charge >= 0.3 is 0 Å². The molecule has 3 N–H and O–H groups in total. The summed E-state index contributed by atoms with van der Waals surface area (Å²) >= 11 is 0. The van der Waals surface area contributed by atoms with Gasteiger partial charge in [0.2, 0.25) is 5.91 Å². The van der Waals surface area contributed by atoms with Gasteiger partial charge in [-0.05, 0) is 80.3 Å². The van der Waals surface area contributed by atoms with E-state index in [-0.39, 0.29) is 61.1 Å². The molecule has 36 heavy (non-hydrogen) atoms. The van der Waals surface area contributed by atoms with Crippen LogP contribution in [0.4, 0.5) is 0 Å². The fraction of sp³-hybridized carbons (Fsp3) is 0.556. The largest absolute Gasteiger partial charge is 0.504 e. The van der Waals surface area contributed by atoms with Gasteiger partial charge in [0.15, 0.2) is 11.5 Å². The fourth-order valence-corrected chi connectivity index (χ4v) is 7.57. The number of carbonyl (C=O) groups is 1. The van der Waals surface area contributed by atoms with Crippen LogP contribution in [0, 0.1) is 5.92 Å². The summed E-state index contributed by atoms with van der Waals surface area (Å²) in [6.45, 7) is 1.97. The molecule has 1 saturated heterocycles. The van der Waals surface area contributed by atoms with Crippen LogP contribution >= 0.6 is 24.8 Å². The number of amides is 1. The van der Waals surface area contributed by atoms with Gasteiger partial charge in [-0.2, -0.15) is 0 Å². The van der Waals surface area contributed by atoms with Crippen molar-refractivity contribution in [1.82, 2.24) is 15.2 Å². The van der Waals surface area contributed by atoms with E-state index in [9.17, 15) is 15.0 Å². The van der Waals surface area contributed by atoms with Crippen LogP contribution in [0.25, 0.3) is 0 Å². The molecule has 2 saturated carbocycles. The third-order valence-corrected chi connectivity index (χ3v) is 9.22. The third kappa shape index (κ3) is 3.54. The lowest BCUT2D eigenvalue weighted by Gasteiger charge is -2.64. The lowest BCUT2D eigenvalue weighted by Crippen LogP contribution is -2.78. The number of phenolic OH excluding ortho intramolecular Hbond substituents is 1. The molecule has 7 rings (SSSR count). The van der Waals surface area contributed by atoms with E-state index in [4.69, 9.17) is 4.74 Å². The molecule has 1 spiro atoms. The van der Waals surface area contributed by atoms with E-state index >= 15 is 0 Å². The highest BCUT2D eigenvalue weighted by Gasteiger charge is 2.73. The first kappa shape index (κ1) is 25.6. The van der Waals surface area contributed by atoms with Gasteiger partial charge in [-0.1, -0.05) is 6.07 Å². The predicted molar refractivity (Wildman–Crippen MR) is 139 cm³/mol. The number of hydrogen-bond acceptors (Lipinski definition) is 6. The minimum atomic E-state index is -0.927. The van der Waals surface area contributed by atoms with Crippen LogP contribution in [0.5, 0.6) is 11.5 Å². The molecule has 1 amide bonds. The van der Waals surface area contributed by atoms with Crippen molar-refractivity contribution < 1.29 is 19.7 Å². The minimum absolute atomic E-state index is 0. The lowest BCUT2D eigenvalue weighted by molar-refractivity contribution is -0.192. The molecular formula is C27H33Cl2N3O4. The van der Waals surface area contributed by atoms with Gasteiger partial charge in [0.1, 0.15) is 6.10 Å². The monoisotopic (exact) mass is 533 g/mol. The second kappa shape index (κ2) is 9.05. The standard InChI is InChI=1S/C27H31N3O4.2ClH/c31-20-4-3-18-14-21-27(33)8-5-19(29-22(32)13-16-6-10-28-11-7-16)25-26(27,23(18)24(20)34-25)9-12-30(21)15-17-1-2-17;;/h3-4,6-7,10-11,17,19,21,25,31,33H,1-2,5,8-9,12-15H2,(H,29,32);2*1H/t19-,21-,25+,26+,27-;;/m1../s1. The number of hydrogen-bond donors (Lipinski definition) is 3. The Bertz CT molecular complexity index is 1160. The van der Waals surface area contributed by atoms with Crippen LogP contribution in [-0.4, -0.2) is 62.9 Å². The smallest absolute Gasteiger partial charge is 0.224 e. The topological polar surface area (TPSA) is 94.9 Å². The van der Waals surface area contributed by atoms with Gasteiger partial charge in [-0.25, -0.2) is 0 Å². The number of aromatic nitrogens is 1. The molecular weight excluding hydrogens is 501 g/mol. The first-order valence-electron chi connectivity index (χ1n) is 12.7. The maximum absolute atomic E-state index is 13.0. The molecule has 2 bridgehead atoms. The van der Waals surface area contributed by atoms with E-state index in [1.807, 2.05) is 18.2 Å². The number of phenols is 1. The van der Waals surface area contributed by atoms with E-state index in [0.29, 0.717) is 18.6 Å². The second-order valence-electron chi connectivity index (χ2n) is 11.0. The number of benzene rings is 1. The molecule has 3 aliphatic carbocycles. The fourth-order valence-electron chi connectivity index (χ4n) is 7.57. The maximum Gasteiger partial charge on any atom is 0.224 e. The molecule has 1 aromatic heterocycles. The zero-order valence-electron chi connectivity index (χ0n) is 20.1. The van der Waals surface area contributed by atoms with Crippen LogP contribution in [0.1, 0.15) is 48.8 Å². The van der Waals surface area contributed by atoms with Crippen molar-refractivity contribution >= 4 is 30.7 Å². The number of nitrogens with one attached hydrogen (secondary N) is 1. The van der Waals surface area contributed by atoms with Gasteiger partial charge in [0, 0.05) is 30.5 Å². The second-order valence-corrected chi connectivity index (χ2v) is 11.0. The number of carbonyl (C=O) groups excluding carboxylic acids is 1. The number of piperidine rings is 1. The lowest BCUT2D eigenvalue weighted by atomic mass is 9.48. The molecule has 2 aliphatic heterocycles. The van der Waals surface area contributed by atoms with Crippen LogP contribution in [0.2, 0.25) is 0 Å². The molecule has 5 aliphatic rings. The van der Waals surface area contributed by atoms with Gasteiger partial charge in [0.25, 0.3) is 0 Å². The molecule has 9 heteroatoms. The van der Waals surface area contributed by atoms with Gasteiger partial charge in [-0.3, -0.25) is 14.7 Å². The highest BCUT2D eigenvalue weighted by atomic mass is 35.5. The van der Waals surface area contributed by atoms with Crippen LogP contribution < -0.4 is 10.1 Å². The normalized spacial score (nSPS) is 33.4. The minimum Gasteiger partial charge on any atom is -0.504 e. The Morgan fingerprint density at radius 3 is 2.67 bits per heavy atom. The maximum atomic E-state index is 13.0. The van der Waals surface area contributed by atoms with Crippen molar-refractivity contribution in [2.45, 2.75) is 74.1 Å². The first-order valence-corrected chi connectivity index (χ1v) is 12.7. The number of aliphatic hydroxyl groups is 1. The highest BCUT2D eigenvalue weighted by Crippen LogP contribution is 2.65. The number of aromatic hydroxyl groups is 1. The molecule has 0 radical (unpaired) electrons. The molecule has 0 unspecified atom stereocenters. The van der Waals surface area contributed by atoms with Crippen molar-refractivity contribution in [1.29, 1.82) is 0 Å². The summed E-state index contributed by atoms with van der Waals surface area (Å²) in [4.78, 5) is 19.5. The molecule has 194 valence electrons. The van der Waals surface area contributed by atoms with E-state index in [2.05, 4.69) is 15.2 Å². The van der Waals surface area contributed by atoms with Crippen molar-refractivity contribution in [3.63, 3.8) is 0 Å². The van der Waals surface area contributed by atoms with Gasteiger partial charge in [-0.15, -0.1) is 24.8 Å². The van der Waals surface area contributed by atoms with Crippen molar-refractivity contribution in [3.05, 3.63) is 53.3 Å². The SMILES string of the molecule is Cl.Cl.O=C(Cc1ccncc1)N[C@@H]1CC[C@@]2(O)[C@H]3Cc4ccc(O)c5c4[C@@]2(CCN3CC2CC2)[C@H]1O5. The molecule has 2 aromatic rings. The average molecular weight is 534 g/mol. The molecule has 5 atom stereocenters. The summed E-state index contributed by atoms with van der Waals surface area (Å²) in [6.07, 6.45) is 8.70. The Hall–Kier alpha value is -2.06. The number of pyridine rings is 1. The summed E-state index contributed by atoms with van der Waals surface area (Å²) in [5.74, 6) is 1.35. The summed E-state index contributed by atoms with van der Waals surface area (Å²) in [5, 5.41) is 26.4. The molecule has 3 fully saturated rings. The van der Waals surface area contributed by atoms with E-state index in [1.165, 1.54) is 18.4 Å². The third-order valence-electron chi connectivity index (χ3n) is 9.22. The quantitative estimate of drug-likeness (QED) is 0.546. The Labute approximate surface area is 223 Å². The highest BCUT2D eigenvalue weighted by molar-refractivity contribution is 5.85. The number of likely N-dealkylation sites (tertiary alicyclic amines) is 1. The Balaban J connectivity index is 0.00000133. The summed E-state index contributed by atoms with van der Waals surface area (Å²) in [6, 6.07) is 7.27. The van der Waals surface area contributed by atoms with Crippen LogP contribution in [-0.2, 0) is 23.1 Å². The number of rotatable bonds is 5. The number of halogens is 2. The number of nitrogens with zero attached hydrogens (tertiary/aromatic N) is 2.